The van der Waals surface area contributed by atoms with Gasteiger partial charge < -0.3 is 37.9 Å². The van der Waals surface area contributed by atoms with Crippen LogP contribution >= 0.6 is 0 Å². The van der Waals surface area contributed by atoms with E-state index >= 15 is 0 Å². The van der Waals surface area contributed by atoms with Gasteiger partial charge in [0, 0.05) is 6.42 Å². The van der Waals surface area contributed by atoms with Crippen molar-refractivity contribution >= 4 is 11.9 Å². The molecule has 0 fully saturated rings. The molecule has 0 rings (SSSR count). The Kier molecular flexibility index (Phi) is 32.2. The zero-order valence-corrected chi connectivity index (χ0v) is 26.3. The van der Waals surface area contributed by atoms with Crippen LogP contribution in [0.4, 0.5) is 0 Å². The zero-order chi connectivity index (χ0) is 30.1. The lowest BCUT2D eigenvalue weighted by molar-refractivity contribution is -0.150. The number of rotatable bonds is 33. The summed E-state index contributed by atoms with van der Waals surface area (Å²) in [4.78, 5) is 23.6. The van der Waals surface area contributed by atoms with E-state index in [1.54, 1.807) is 0 Å². The van der Waals surface area contributed by atoms with Crippen LogP contribution in [0.15, 0.2) is 0 Å². The van der Waals surface area contributed by atoms with Crippen LogP contribution < -0.4 is 0 Å². The Hall–Kier alpha value is -1.30. The van der Waals surface area contributed by atoms with E-state index in [1.165, 1.54) is 25.7 Å². The fourth-order valence-electron chi connectivity index (χ4n) is 3.80. The lowest BCUT2D eigenvalue weighted by Crippen LogP contribution is -2.20. The van der Waals surface area contributed by atoms with Gasteiger partial charge in [-0.15, -0.1) is 0 Å². The maximum absolute atomic E-state index is 12.0. The average Bonchev–Trinajstić information content (AvgIpc) is 2.97. The lowest BCUT2D eigenvalue weighted by Gasteiger charge is -2.13. The molecule has 0 saturated carbocycles. The number of hydrogen-bond donors (Lipinski definition) is 0. The average molecular weight is 593 g/mol. The molecule has 10 nitrogen and oxygen atoms in total. The summed E-state index contributed by atoms with van der Waals surface area (Å²) in [6.07, 6.45) is 11.3. The SMILES string of the molecule is CCCCCCCCC(=O)OCCOCCOCCOCCOCCOCCOCCOC(=O)C(CC)CCCC. The highest BCUT2D eigenvalue weighted by Gasteiger charge is 2.16. The van der Waals surface area contributed by atoms with E-state index in [9.17, 15) is 9.59 Å². The maximum Gasteiger partial charge on any atom is 0.308 e. The Labute approximate surface area is 249 Å². The standard InChI is InChI=1S/C31H60O10/c1-4-7-9-10-11-12-14-30(32)40-27-25-38-23-21-36-19-17-34-15-16-35-18-20-37-22-24-39-26-28-41-31(33)29(6-3)13-8-5-2/h29H,4-28H2,1-3H3. The molecule has 0 amide bonds. The first kappa shape index (κ1) is 39.7. The quantitative estimate of drug-likeness (QED) is 0.0751. The van der Waals surface area contributed by atoms with E-state index in [0.717, 1.165) is 38.5 Å². The molecule has 0 aliphatic heterocycles. The highest BCUT2D eigenvalue weighted by molar-refractivity contribution is 5.72. The molecule has 41 heavy (non-hydrogen) atoms. The number of carbonyl (C=O) groups excluding carboxylic acids is 2. The van der Waals surface area contributed by atoms with Gasteiger partial charge in [-0.3, -0.25) is 9.59 Å². The second kappa shape index (κ2) is 33.2. The molecule has 0 N–H and O–H groups in total. The number of unbranched alkanes of at least 4 members (excludes halogenated alkanes) is 6. The van der Waals surface area contributed by atoms with Gasteiger partial charge in [-0.25, -0.2) is 0 Å². The van der Waals surface area contributed by atoms with Crippen LogP contribution in [-0.4, -0.2) is 104 Å². The van der Waals surface area contributed by atoms with Gasteiger partial charge in [0.2, 0.25) is 0 Å². The van der Waals surface area contributed by atoms with Crippen LogP contribution in [0.25, 0.3) is 0 Å². The summed E-state index contributed by atoms with van der Waals surface area (Å²) in [5.74, 6) is -0.266. The second-order valence-corrected chi connectivity index (χ2v) is 9.83. The molecule has 0 saturated heterocycles. The molecule has 0 aromatic rings. The monoisotopic (exact) mass is 592 g/mol. The van der Waals surface area contributed by atoms with Gasteiger partial charge in [-0.05, 0) is 19.3 Å². The van der Waals surface area contributed by atoms with Gasteiger partial charge in [-0.2, -0.15) is 0 Å². The fourth-order valence-corrected chi connectivity index (χ4v) is 3.80. The van der Waals surface area contributed by atoms with Crippen molar-refractivity contribution in [2.75, 3.05) is 92.5 Å². The van der Waals surface area contributed by atoms with Crippen LogP contribution in [-0.2, 0) is 47.5 Å². The number of esters is 2. The molecule has 244 valence electrons. The van der Waals surface area contributed by atoms with Crippen molar-refractivity contribution in [1.29, 1.82) is 0 Å². The molecule has 1 unspecified atom stereocenters. The van der Waals surface area contributed by atoms with Crippen LogP contribution in [0.2, 0.25) is 0 Å². The highest BCUT2D eigenvalue weighted by Crippen LogP contribution is 2.14. The van der Waals surface area contributed by atoms with Gasteiger partial charge in [-0.1, -0.05) is 65.7 Å². The van der Waals surface area contributed by atoms with Crippen LogP contribution in [0.3, 0.4) is 0 Å². The Balaban J connectivity index is 3.22. The molecule has 0 aliphatic carbocycles. The first-order valence-corrected chi connectivity index (χ1v) is 15.9. The minimum absolute atomic E-state index is 0.00202. The zero-order valence-electron chi connectivity index (χ0n) is 26.3. The molecular formula is C31H60O10. The van der Waals surface area contributed by atoms with Crippen LogP contribution in [0.5, 0.6) is 0 Å². The first-order valence-electron chi connectivity index (χ1n) is 15.9. The number of hydrogen-bond acceptors (Lipinski definition) is 10. The minimum Gasteiger partial charge on any atom is -0.463 e. The Morgan fingerprint density at radius 3 is 1.29 bits per heavy atom. The van der Waals surface area contributed by atoms with E-state index in [2.05, 4.69) is 13.8 Å². The Morgan fingerprint density at radius 2 is 0.854 bits per heavy atom. The molecule has 0 radical (unpaired) electrons. The summed E-state index contributed by atoms with van der Waals surface area (Å²) < 4.78 is 43.1. The van der Waals surface area contributed by atoms with Gasteiger partial charge in [0.1, 0.15) is 13.2 Å². The smallest absolute Gasteiger partial charge is 0.308 e. The van der Waals surface area contributed by atoms with Crippen molar-refractivity contribution in [1.82, 2.24) is 0 Å². The van der Waals surface area contributed by atoms with Crippen LogP contribution in [0, 0.1) is 5.92 Å². The normalized spacial score (nSPS) is 12.0. The second-order valence-electron chi connectivity index (χ2n) is 9.83. The third kappa shape index (κ3) is 30.0. The summed E-state index contributed by atoms with van der Waals surface area (Å²) in [7, 11) is 0. The predicted octanol–water partition coefficient (Wildman–Crippen LogP) is 5.14. The van der Waals surface area contributed by atoms with Gasteiger partial charge in [0.05, 0.1) is 85.2 Å². The molecule has 10 heteroatoms. The topological polar surface area (TPSA) is 108 Å². The van der Waals surface area contributed by atoms with E-state index in [0.29, 0.717) is 85.7 Å². The summed E-state index contributed by atoms with van der Waals surface area (Å²) in [6.45, 7) is 12.4. The van der Waals surface area contributed by atoms with Crippen molar-refractivity contribution < 1.29 is 47.5 Å². The number of carbonyl (C=O) groups is 2. The van der Waals surface area contributed by atoms with Gasteiger partial charge >= 0.3 is 11.9 Å². The van der Waals surface area contributed by atoms with E-state index in [1.807, 2.05) is 6.92 Å². The molecular weight excluding hydrogens is 532 g/mol. The van der Waals surface area contributed by atoms with Crippen molar-refractivity contribution in [3.63, 3.8) is 0 Å². The Morgan fingerprint density at radius 1 is 0.463 bits per heavy atom. The largest absolute Gasteiger partial charge is 0.463 e. The van der Waals surface area contributed by atoms with E-state index in [4.69, 9.17) is 37.9 Å². The van der Waals surface area contributed by atoms with Crippen molar-refractivity contribution in [2.24, 2.45) is 5.92 Å². The summed E-state index contributed by atoms with van der Waals surface area (Å²) >= 11 is 0. The maximum atomic E-state index is 12.0. The number of ether oxygens (including phenoxy) is 8. The fraction of sp³-hybridized carbons (Fsp3) is 0.935. The summed E-state index contributed by atoms with van der Waals surface area (Å²) in [6, 6.07) is 0. The first-order chi connectivity index (χ1) is 20.2. The molecule has 0 spiro atoms. The predicted molar refractivity (Wildman–Crippen MR) is 158 cm³/mol. The third-order valence-corrected chi connectivity index (χ3v) is 6.29. The van der Waals surface area contributed by atoms with Crippen molar-refractivity contribution in [3.8, 4) is 0 Å². The molecule has 0 aliphatic rings. The van der Waals surface area contributed by atoms with E-state index < -0.39 is 0 Å². The van der Waals surface area contributed by atoms with Gasteiger partial charge in [0.25, 0.3) is 0 Å². The summed E-state index contributed by atoms with van der Waals surface area (Å²) in [5, 5.41) is 0. The van der Waals surface area contributed by atoms with Gasteiger partial charge in [0.15, 0.2) is 0 Å². The molecule has 0 heterocycles. The highest BCUT2D eigenvalue weighted by atomic mass is 16.6. The van der Waals surface area contributed by atoms with Crippen molar-refractivity contribution in [3.05, 3.63) is 0 Å². The minimum atomic E-state index is -0.144. The lowest BCUT2D eigenvalue weighted by atomic mass is 10.00. The molecule has 0 bridgehead atoms. The van der Waals surface area contributed by atoms with E-state index in [-0.39, 0.29) is 31.1 Å². The summed E-state index contributed by atoms with van der Waals surface area (Å²) in [5.41, 5.74) is 0. The molecule has 0 aromatic carbocycles. The third-order valence-electron chi connectivity index (χ3n) is 6.29. The van der Waals surface area contributed by atoms with Crippen LogP contribution in [0.1, 0.15) is 91.4 Å². The Bertz CT molecular complexity index is 561. The molecule has 1 atom stereocenters. The molecule has 0 aromatic heterocycles. The van der Waals surface area contributed by atoms with Crippen molar-refractivity contribution in [2.45, 2.75) is 91.4 Å².